The Bertz CT molecular complexity index is 1210. The fourth-order valence-corrected chi connectivity index (χ4v) is 3.44. The Labute approximate surface area is 189 Å². The number of carbonyl (C=O) groups is 3. The first-order valence-corrected chi connectivity index (χ1v) is 10.3. The number of aromatic nitrogens is 2. The molecule has 0 aliphatic heterocycles. The number of rotatable bonds is 9. The summed E-state index contributed by atoms with van der Waals surface area (Å²) in [6.45, 7) is 1.56. The van der Waals surface area contributed by atoms with Crippen molar-refractivity contribution in [3.63, 3.8) is 0 Å². The maximum absolute atomic E-state index is 12.8. The van der Waals surface area contributed by atoms with Crippen LogP contribution in [0.25, 0.3) is 11.1 Å². The Morgan fingerprint density at radius 2 is 1.70 bits per heavy atom. The molecule has 0 fully saturated rings. The minimum atomic E-state index is -0.984. The van der Waals surface area contributed by atoms with Gasteiger partial charge in [-0.15, -0.1) is 0 Å². The smallest absolute Gasteiger partial charge is 0.346 e. The third-order valence-electron chi connectivity index (χ3n) is 5.18. The normalized spacial score (nSPS) is 12.5. The van der Waals surface area contributed by atoms with E-state index in [0.717, 1.165) is 22.8 Å². The zero-order chi connectivity index (χ0) is 24.0. The molecule has 1 heterocycles. The lowest BCUT2D eigenvalue weighted by molar-refractivity contribution is -0.141. The summed E-state index contributed by atoms with van der Waals surface area (Å²) in [5.41, 5.74) is 6.76. The summed E-state index contributed by atoms with van der Waals surface area (Å²) in [6.07, 6.45) is 0.538. The molecule has 3 aromatic rings. The van der Waals surface area contributed by atoms with Crippen LogP contribution in [0.1, 0.15) is 39.9 Å². The molecule has 170 valence electrons. The standard InChI is InChI=1S/C24H24N4O5/c1-14(23(31)32)11-18(26-22(30)20-13-19(21(25)29)27-24(33)28-20)12-15-7-9-17(10-8-15)16-5-3-2-4-6-16/h2-10,13-14,18H,11-12H2,1H3,(H2,25,29)(H,26,30)(H,31,32)(H,27,28,33). The molecule has 0 aliphatic rings. The lowest BCUT2D eigenvalue weighted by Crippen LogP contribution is -2.40. The second kappa shape index (κ2) is 10.4. The minimum absolute atomic E-state index is 0.166. The molecule has 0 radical (unpaired) electrons. The van der Waals surface area contributed by atoms with Crippen molar-refractivity contribution in [1.29, 1.82) is 0 Å². The molecule has 33 heavy (non-hydrogen) atoms. The Hall–Kier alpha value is -4.27. The van der Waals surface area contributed by atoms with E-state index < -0.39 is 35.4 Å². The molecule has 2 aromatic carbocycles. The van der Waals surface area contributed by atoms with E-state index in [1.807, 2.05) is 54.6 Å². The third kappa shape index (κ3) is 6.36. The summed E-state index contributed by atoms with van der Waals surface area (Å²) in [5.74, 6) is -3.30. The monoisotopic (exact) mass is 448 g/mol. The molecule has 0 aliphatic carbocycles. The summed E-state index contributed by atoms with van der Waals surface area (Å²) in [7, 11) is 0. The number of benzene rings is 2. The van der Waals surface area contributed by atoms with E-state index in [1.165, 1.54) is 0 Å². The largest absolute Gasteiger partial charge is 0.481 e. The van der Waals surface area contributed by atoms with Crippen LogP contribution in [0.15, 0.2) is 65.5 Å². The molecule has 3 rings (SSSR count). The fraction of sp³-hybridized carbons (Fsp3) is 0.208. The molecule has 0 spiro atoms. The average Bonchev–Trinajstić information content (AvgIpc) is 2.79. The van der Waals surface area contributed by atoms with Crippen LogP contribution in [0, 0.1) is 5.92 Å². The fourth-order valence-electron chi connectivity index (χ4n) is 3.44. The van der Waals surface area contributed by atoms with Crippen molar-refractivity contribution in [2.24, 2.45) is 11.7 Å². The zero-order valence-corrected chi connectivity index (χ0v) is 17.9. The van der Waals surface area contributed by atoms with Gasteiger partial charge in [0, 0.05) is 6.04 Å². The van der Waals surface area contributed by atoms with Gasteiger partial charge in [0.1, 0.15) is 11.4 Å². The molecule has 9 nitrogen and oxygen atoms in total. The summed E-state index contributed by atoms with van der Waals surface area (Å²) >= 11 is 0. The second-order valence-electron chi connectivity index (χ2n) is 7.76. The molecule has 2 unspecified atom stereocenters. The summed E-state index contributed by atoms with van der Waals surface area (Å²) in [6, 6.07) is 18.2. The van der Waals surface area contributed by atoms with E-state index in [9.17, 15) is 24.3 Å². The molecule has 5 N–H and O–H groups in total. The predicted octanol–water partition coefficient (Wildman–Crippen LogP) is 1.99. The van der Waals surface area contributed by atoms with Gasteiger partial charge in [0.2, 0.25) is 0 Å². The van der Waals surface area contributed by atoms with Gasteiger partial charge >= 0.3 is 11.7 Å². The van der Waals surface area contributed by atoms with E-state index in [-0.39, 0.29) is 17.8 Å². The molecule has 0 saturated carbocycles. The van der Waals surface area contributed by atoms with Gasteiger partial charge in [0.15, 0.2) is 0 Å². The topological polar surface area (TPSA) is 155 Å². The van der Waals surface area contributed by atoms with Gasteiger partial charge in [0.05, 0.1) is 5.92 Å². The number of nitrogens with two attached hydrogens (primary N) is 1. The molecule has 2 amide bonds. The van der Waals surface area contributed by atoms with Gasteiger partial charge in [-0.2, -0.15) is 4.98 Å². The molecule has 2 atom stereocenters. The maximum atomic E-state index is 12.8. The Kier molecular flexibility index (Phi) is 7.34. The van der Waals surface area contributed by atoms with E-state index >= 15 is 0 Å². The van der Waals surface area contributed by atoms with E-state index in [0.29, 0.717) is 6.42 Å². The quantitative estimate of drug-likeness (QED) is 0.392. The van der Waals surface area contributed by atoms with Crippen LogP contribution in [-0.4, -0.2) is 38.9 Å². The molecule has 9 heteroatoms. The highest BCUT2D eigenvalue weighted by molar-refractivity contribution is 5.96. The van der Waals surface area contributed by atoms with Gasteiger partial charge in [-0.3, -0.25) is 14.4 Å². The molecule has 1 aromatic heterocycles. The minimum Gasteiger partial charge on any atom is -0.481 e. The van der Waals surface area contributed by atoms with Gasteiger partial charge in [-0.05, 0) is 35.6 Å². The van der Waals surface area contributed by atoms with Crippen LogP contribution in [0.4, 0.5) is 0 Å². The second-order valence-corrected chi connectivity index (χ2v) is 7.76. The van der Waals surface area contributed by atoms with Crippen LogP contribution >= 0.6 is 0 Å². The van der Waals surface area contributed by atoms with Crippen LogP contribution in [-0.2, 0) is 11.2 Å². The maximum Gasteiger partial charge on any atom is 0.346 e. The van der Waals surface area contributed by atoms with E-state index in [1.54, 1.807) is 6.92 Å². The van der Waals surface area contributed by atoms with Gasteiger partial charge in [0.25, 0.3) is 11.8 Å². The zero-order valence-electron chi connectivity index (χ0n) is 17.9. The highest BCUT2D eigenvalue weighted by Crippen LogP contribution is 2.20. The van der Waals surface area contributed by atoms with Crippen molar-refractivity contribution in [2.75, 3.05) is 0 Å². The highest BCUT2D eigenvalue weighted by Gasteiger charge is 2.22. The number of primary amides is 1. The number of carbonyl (C=O) groups excluding carboxylic acids is 2. The number of nitrogens with one attached hydrogen (secondary N) is 2. The van der Waals surface area contributed by atoms with Gasteiger partial charge in [-0.1, -0.05) is 61.5 Å². The van der Waals surface area contributed by atoms with Crippen molar-refractivity contribution in [3.05, 3.63) is 88.1 Å². The van der Waals surface area contributed by atoms with Crippen LogP contribution < -0.4 is 16.7 Å². The molecule has 0 bridgehead atoms. The van der Waals surface area contributed by atoms with Crippen LogP contribution in [0.3, 0.4) is 0 Å². The lowest BCUT2D eigenvalue weighted by Gasteiger charge is -2.21. The van der Waals surface area contributed by atoms with E-state index in [4.69, 9.17) is 5.73 Å². The first kappa shape index (κ1) is 23.4. The number of carboxylic acids is 1. The Morgan fingerprint density at radius 1 is 1.06 bits per heavy atom. The third-order valence-corrected chi connectivity index (χ3v) is 5.18. The average molecular weight is 448 g/mol. The molecular weight excluding hydrogens is 424 g/mol. The van der Waals surface area contributed by atoms with Crippen molar-refractivity contribution in [1.82, 2.24) is 15.3 Å². The molecule has 0 saturated heterocycles. The van der Waals surface area contributed by atoms with E-state index in [2.05, 4.69) is 15.3 Å². The number of carboxylic acid groups (broad SMARTS) is 1. The summed E-state index contributed by atoms with van der Waals surface area (Å²) < 4.78 is 0. The van der Waals surface area contributed by atoms with Gasteiger partial charge in [-0.25, -0.2) is 4.79 Å². The number of H-pyrrole nitrogens is 1. The van der Waals surface area contributed by atoms with Gasteiger partial charge < -0.3 is 21.1 Å². The number of hydrogen-bond acceptors (Lipinski definition) is 5. The van der Waals surface area contributed by atoms with Crippen molar-refractivity contribution < 1.29 is 19.5 Å². The van der Waals surface area contributed by atoms with Crippen molar-refractivity contribution in [2.45, 2.75) is 25.8 Å². The molecular formula is C24H24N4O5. The van der Waals surface area contributed by atoms with Crippen LogP contribution in [0.2, 0.25) is 0 Å². The predicted molar refractivity (Wildman–Crippen MR) is 122 cm³/mol. The number of aromatic amines is 1. The number of aliphatic carboxylic acids is 1. The highest BCUT2D eigenvalue weighted by atomic mass is 16.4. The van der Waals surface area contributed by atoms with Crippen molar-refractivity contribution in [3.8, 4) is 11.1 Å². The lowest BCUT2D eigenvalue weighted by atomic mass is 9.95. The number of hydrogen-bond donors (Lipinski definition) is 4. The summed E-state index contributed by atoms with van der Waals surface area (Å²) in [4.78, 5) is 52.9. The number of amides is 2. The Balaban J connectivity index is 1.80. The first-order valence-electron chi connectivity index (χ1n) is 10.3. The van der Waals surface area contributed by atoms with Crippen molar-refractivity contribution >= 4 is 17.8 Å². The Morgan fingerprint density at radius 3 is 2.30 bits per heavy atom. The summed E-state index contributed by atoms with van der Waals surface area (Å²) in [5, 5.41) is 12.1. The van der Waals surface area contributed by atoms with Crippen LogP contribution in [0.5, 0.6) is 0 Å². The SMILES string of the molecule is CC(CC(Cc1ccc(-c2ccccc2)cc1)NC(=O)c1cc(C(N)=O)nc(=O)[nH]1)C(=O)O. The first-order chi connectivity index (χ1) is 15.7. The number of nitrogens with zero attached hydrogens (tertiary/aromatic N) is 1.